The molecule has 2 aromatic carbocycles. The van der Waals surface area contributed by atoms with Crippen molar-refractivity contribution in [3.8, 4) is 0 Å². The zero-order valence-corrected chi connectivity index (χ0v) is 13.9. The van der Waals surface area contributed by atoms with Crippen molar-refractivity contribution in [1.29, 1.82) is 0 Å². The second kappa shape index (κ2) is 6.93. The zero-order valence-electron chi connectivity index (χ0n) is 12.3. The molecule has 1 amide bonds. The van der Waals surface area contributed by atoms with Crippen molar-refractivity contribution in [2.45, 2.75) is 18.9 Å². The molecule has 2 nitrogen and oxygen atoms in total. The fraction of sp³-hybridized carbons (Fsp3) is 0.211. The highest BCUT2D eigenvalue weighted by molar-refractivity contribution is 9.10. The van der Waals surface area contributed by atoms with E-state index in [4.69, 9.17) is 0 Å². The Kier molecular flexibility index (Phi) is 4.74. The fourth-order valence-corrected chi connectivity index (χ4v) is 3.40. The highest BCUT2D eigenvalue weighted by atomic mass is 79.9. The maximum absolute atomic E-state index is 12.7. The van der Waals surface area contributed by atoms with Crippen molar-refractivity contribution in [3.05, 3.63) is 82.3 Å². The minimum atomic E-state index is 0.108. The van der Waals surface area contributed by atoms with E-state index in [-0.39, 0.29) is 11.9 Å². The van der Waals surface area contributed by atoms with Gasteiger partial charge in [0.2, 0.25) is 5.91 Å². The molecule has 1 unspecified atom stereocenters. The molecule has 0 bridgehead atoms. The van der Waals surface area contributed by atoms with Crippen LogP contribution in [0.5, 0.6) is 0 Å². The van der Waals surface area contributed by atoms with E-state index in [1.54, 1.807) is 0 Å². The van der Waals surface area contributed by atoms with Gasteiger partial charge in [-0.15, -0.1) is 0 Å². The Bertz CT molecular complexity index is 681. The Morgan fingerprint density at radius 2 is 1.77 bits per heavy atom. The summed E-state index contributed by atoms with van der Waals surface area (Å²) in [6.45, 7) is 0.678. The summed E-state index contributed by atoms with van der Waals surface area (Å²) in [5.41, 5.74) is 2.24. The molecule has 22 heavy (non-hydrogen) atoms. The molecular formula is C19H18BrNO. The lowest BCUT2D eigenvalue weighted by Crippen LogP contribution is -2.37. The Labute approximate surface area is 139 Å². The number of carbonyl (C=O) groups is 1. The normalized spacial score (nSPS) is 17.5. The van der Waals surface area contributed by atoms with Crippen LogP contribution in [0.4, 0.5) is 0 Å². The van der Waals surface area contributed by atoms with Gasteiger partial charge in [-0.25, -0.2) is 0 Å². The maximum atomic E-state index is 12.7. The van der Waals surface area contributed by atoms with Crippen LogP contribution in [0.15, 0.2) is 71.2 Å². The van der Waals surface area contributed by atoms with Gasteiger partial charge in [0.1, 0.15) is 0 Å². The van der Waals surface area contributed by atoms with Gasteiger partial charge < -0.3 is 4.90 Å². The molecule has 2 aromatic rings. The number of nitrogens with zero attached hydrogens (tertiary/aromatic N) is 1. The third-order valence-electron chi connectivity index (χ3n) is 3.99. The molecule has 0 aromatic heterocycles. The molecule has 112 valence electrons. The number of benzene rings is 2. The first-order valence-corrected chi connectivity index (χ1v) is 8.28. The first-order chi connectivity index (χ1) is 10.8. The second-order valence-corrected chi connectivity index (χ2v) is 6.31. The average molecular weight is 356 g/mol. The van der Waals surface area contributed by atoms with E-state index in [1.165, 1.54) is 5.56 Å². The smallest absolute Gasteiger partial charge is 0.227 e. The lowest BCUT2D eigenvalue weighted by Gasteiger charge is -2.34. The van der Waals surface area contributed by atoms with Crippen molar-refractivity contribution in [1.82, 2.24) is 4.90 Å². The number of hydrogen-bond acceptors (Lipinski definition) is 1. The van der Waals surface area contributed by atoms with Crippen LogP contribution < -0.4 is 0 Å². The molecule has 0 spiro atoms. The standard InChI is InChI=1S/C19H18BrNO/c20-17-11-5-4-10-16(17)18-12-6-7-13-21(18)19(22)14-15-8-2-1-3-9-15/h1-11,18H,12-14H2. The number of halogens is 1. The summed E-state index contributed by atoms with van der Waals surface area (Å²) in [5, 5.41) is 0. The summed E-state index contributed by atoms with van der Waals surface area (Å²) in [6, 6.07) is 18.2. The summed E-state index contributed by atoms with van der Waals surface area (Å²) in [7, 11) is 0. The molecule has 0 aliphatic carbocycles. The quantitative estimate of drug-likeness (QED) is 0.741. The summed E-state index contributed by atoms with van der Waals surface area (Å²) in [5.74, 6) is 0.177. The fourth-order valence-electron chi connectivity index (χ4n) is 2.86. The lowest BCUT2D eigenvalue weighted by atomic mass is 9.98. The van der Waals surface area contributed by atoms with Gasteiger partial charge >= 0.3 is 0 Å². The molecule has 0 saturated heterocycles. The highest BCUT2D eigenvalue weighted by Crippen LogP contribution is 2.33. The van der Waals surface area contributed by atoms with Crippen LogP contribution in [0.25, 0.3) is 0 Å². The largest absolute Gasteiger partial charge is 0.331 e. The van der Waals surface area contributed by atoms with Crippen molar-refractivity contribution in [2.75, 3.05) is 6.54 Å². The third kappa shape index (κ3) is 3.30. The van der Waals surface area contributed by atoms with Gasteiger partial charge in [-0.1, -0.05) is 76.6 Å². The second-order valence-electron chi connectivity index (χ2n) is 5.45. The molecule has 0 radical (unpaired) electrons. The molecule has 3 rings (SSSR count). The topological polar surface area (TPSA) is 20.3 Å². The third-order valence-corrected chi connectivity index (χ3v) is 4.71. The van der Waals surface area contributed by atoms with Crippen LogP contribution in [0.3, 0.4) is 0 Å². The predicted molar refractivity (Wildman–Crippen MR) is 92.5 cm³/mol. The summed E-state index contributed by atoms with van der Waals surface area (Å²) >= 11 is 3.61. The van der Waals surface area contributed by atoms with Gasteiger partial charge in [0.15, 0.2) is 0 Å². The predicted octanol–water partition coefficient (Wildman–Crippen LogP) is 4.52. The van der Waals surface area contributed by atoms with E-state index < -0.39 is 0 Å². The minimum absolute atomic E-state index is 0.108. The first-order valence-electron chi connectivity index (χ1n) is 7.48. The number of rotatable bonds is 3. The first kappa shape index (κ1) is 15.0. The molecule has 0 N–H and O–H groups in total. The van der Waals surface area contributed by atoms with Crippen molar-refractivity contribution < 1.29 is 4.79 Å². The Morgan fingerprint density at radius 3 is 2.55 bits per heavy atom. The van der Waals surface area contributed by atoms with Crippen molar-refractivity contribution >= 4 is 21.8 Å². The van der Waals surface area contributed by atoms with Crippen LogP contribution in [0.2, 0.25) is 0 Å². The highest BCUT2D eigenvalue weighted by Gasteiger charge is 2.26. The number of amides is 1. The van der Waals surface area contributed by atoms with Crippen LogP contribution in [-0.4, -0.2) is 17.4 Å². The summed E-state index contributed by atoms with van der Waals surface area (Å²) < 4.78 is 1.06. The van der Waals surface area contributed by atoms with Gasteiger partial charge in [0.05, 0.1) is 12.5 Å². The van der Waals surface area contributed by atoms with Crippen LogP contribution in [0, 0.1) is 0 Å². The molecular weight excluding hydrogens is 338 g/mol. The van der Waals surface area contributed by atoms with Gasteiger partial charge in [-0.05, 0) is 23.6 Å². The van der Waals surface area contributed by atoms with Crippen LogP contribution in [-0.2, 0) is 11.2 Å². The molecule has 1 aliphatic heterocycles. The Morgan fingerprint density at radius 1 is 1.05 bits per heavy atom. The lowest BCUT2D eigenvalue weighted by molar-refractivity contribution is -0.132. The van der Waals surface area contributed by atoms with E-state index in [1.807, 2.05) is 53.4 Å². The zero-order chi connectivity index (χ0) is 15.4. The van der Waals surface area contributed by atoms with Gasteiger partial charge in [0.25, 0.3) is 0 Å². The maximum Gasteiger partial charge on any atom is 0.227 e. The van der Waals surface area contributed by atoms with Gasteiger partial charge in [0, 0.05) is 11.0 Å². The number of carbonyl (C=O) groups excluding carboxylic acids is 1. The van der Waals surface area contributed by atoms with E-state index in [0.717, 1.165) is 16.5 Å². The summed E-state index contributed by atoms with van der Waals surface area (Å²) in [6.07, 6.45) is 5.56. The van der Waals surface area contributed by atoms with E-state index >= 15 is 0 Å². The monoisotopic (exact) mass is 355 g/mol. The molecule has 1 heterocycles. The van der Waals surface area contributed by atoms with Crippen molar-refractivity contribution in [2.24, 2.45) is 0 Å². The molecule has 3 heteroatoms. The molecule has 1 atom stereocenters. The Balaban J connectivity index is 1.83. The van der Waals surface area contributed by atoms with E-state index in [2.05, 4.69) is 34.1 Å². The average Bonchev–Trinajstić information content (AvgIpc) is 2.56. The Hall–Kier alpha value is -1.87. The number of hydrogen-bond donors (Lipinski definition) is 0. The van der Waals surface area contributed by atoms with Crippen LogP contribution in [0.1, 0.15) is 23.6 Å². The van der Waals surface area contributed by atoms with E-state index in [9.17, 15) is 4.79 Å². The summed E-state index contributed by atoms with van der Waals surface area (Å²) in [4.78, 5) is 14.7. The van der Waals surface area contributed by atoms with Crippen molar-refractivity contribution in [3.63, 3.8) is 0 Å². The van der Waals surface area contributed by atoms with Gasteiger partial charge in [-0.3, -0.25) is 4.79 Å². The molecule has 1 aliphatic rings. The minimum Gasteiger partial charge on any atom is -0.331 e. The molecule has 0 saturated carbocycles. The molecule has 0 fully saturated rings. The van der Waals surface area contributed by atoms with Gasteiger partial charge in [-0.2, -0.15) is 0 Å². The van der Waals surface area contributed by atoms with E-state index in [0.29, 0.717) is 13.0 Å². The SMILES string of the molecule is O=C(Cc1ccccc1)N1CC=CCC1c1ccccc1Br. The van der Waals surface area contributed by atoms with Crippen LogP contribution >= 0.6 is 15.9 Å².